The quantitative estimate of drug-likeness (QED) is 0.515. The molecule has 0 amide bonds. The van der Waals surface area contributed by atoms with Crippen LogP contribution in [0.15, 0.2) is 24.3 Å². The van der Waals surface area contributed by atoms with Gasteiger partial charge in [-0.1, -0.05) is 53.7 Å². The van der Waals surface area contributed by atoms with E-state index in [0.717, 1.165) is 11.3 Å². The van der Waals surface area contributed by atoms with E-state index in [4.69, 9.17) is 13.9 Å². The van der Waals surface area contributed by atoms with Crippen LogP contribution < -0.4 is 4.43 Å². The van der Waals surface area contributed by atoms with Gasteiger partial charge in [-0.05, 0) is 42.8 Å². The van der Waals surface area contributed by atoms with E-state index < -0.39 is 20.5 Å². The van der Waals surface area contributed by atoms with Crippen molar-refractivity contribution in [3.05, 3.63) is 29.8 Å². The predicted molar refractivity (Wildman–Crippen MR) is 107 cm³/mol. The van der Waals surface area contributed by atoms with Crippen LogP contribution in [0, 0.1) is 5.41 Å². The molecular weight excluding hydrogens is 344 g/mol. The first-order valence-electron chi connectivity index (χ1n) is 9.37. The van der Waals surface area contributed by atoms with Crippen molar-refractivity contribution in [3.8, 4) is 5.75 Å². The van der Waals surface area contributed by atoms with E-state index in [2.05, 4.69) is 33.9 Å². The number of esters is 1. The van der Waals surface area contributed by atoms with Crippen LogP contribution in [0.2, 0.25) is 18.1 Å². The number of carbonyl (C=O) groups is 1. The monoisotopic (exact) mass is 378 g/mol. The van der Waals surface area contributed by atoms with Crippen LogP contribution in [0.25, 0.3) is 0 Å². The Kier molecular flexibility index (Phi) is 5.65. The molecule has 1 aliphatic rings. The van der Waals surface area contributed by atoms with Crippen molar-refractivity contribution >= 4 is 14.3 Å². The Bertz CT molecular complexity index is 655. The molecule has 1 fully saturated rings. The van der Waals surface area contributed by atoms with Gasteiger partial charge in [0.1, 0.15) is 11.7 Å². The Morgan fingerprint density at radius 3 is 2.19 bits per heavy atom. The average Bonchev–Trinajstić information content (AvgIpc) is 2.44. The third kappa shape index (κ3) is 4.49. The molecule has 0 bridgehead atoms. The topological polar surface area (TPSA) is 44.8 Å². The molecule has 0 unspecified atom stereocenters. The highest BCUT2D eigenvalue weighted by Crippen LogP contribution is 2.39. The number of hydrogen-bond acceptors (Lipinski definition) is 4. The molecule has 26 heavy (non-hydrogen) atoms. The van der Waals surface area contributed by atoms with Crippen LogP contribution in [0.1, 0.15) is 59.9 Å². The Morgan fingerprint density at radius 1 is 1.08 bits per heavy atom. The van der Waals surface area contributed by atoms with E-state index >= 15 is 0 Å². The molecule has 5 heteroatoms. The zero-order chi connectivity index (χ0) is 19.9. The maximum Gasteiger partial charge on any atom is 0.318 e. The highest BCUT2D eigenvalue weighted by molar-refractivity contribution is 6.74. The standard InChI is InChI=1S/C21H34O4Si/c1-14-17(18(22)24-19(23-14)20(2,3)4)15-11-10-12-16(13-15)25-26(8,9)21(5,6)7/h10-14,17,19H,1-9H3/t14-,17+,19-/m1/s1. The summed E-state index contributed by atoms with van der Waals surface area (Å²) >= 11 is 0. The molecule has 3 atom stereocenters. The lowest BCUT2D eigenvalue weighted by atomic mass is 9.90. The summed E-state index contributed by atoms with van der Waals surface area (Å²) in [6.45, 7) is 19.0. The Balaban J connectivity index is 2.24. The van der Waals surface area contributed by atoms with Gasteiger partial charge in [0.25, 0.3) is 0 Å². The van der Waals surface area contributed by atoms with E-state index in [9.17, 15) is 4.79 Å². The van der Waals surface area contributed by atoms with Crippen molar-refractivity contribution in [3.63, 3.8) is 0 Å². The van der Waals surface area contributed by atoms with Crippen LogP contribution in [-0.4, -0.2) is 26.7 Å². The van der Waals surface area contributed by atoms with E-state index in [-0.39, 0.29) is 22.5 Å². The van der Waals surface area contributed by atoms with Gasteiger partial charge in [0.2, 0.25) is 14.6 Å². The van der Waals surface area contributed by atoms with Gasteiger partial charge in [0, 0.05) is 5.41 Å². The summed E-state index contributed by atoms with van der Waals surface area (Å²) in [6.07, 6.45) is -0.767. The highest BCUT2D eigenvalue weighted by Gasteiger charge is 2.43. The van der Waals surface area contributed by atoms with E-state index in [1.807, 2.05) is 52.0 Å². The van der Waals surface area contributed by atoms with Gasteiger partial charge in [-0.3, -0.25) is 4.79 Å². The van der Waals surface area contributed by atoms with Crippen LogP contribution in [0.4, 0.5) is 0 Å². The fraction of sp³-hybridized carbons (Fsp3) is 0.667. The number of cyclic esters (lactones) is 1. The second-order valence-corrected chi connectivity index (χ2v) is 14.6. The van der Waals surface area contributed by atoms with Gasteiger partial charge in [-0.15, -0.1) is 0 Å². The second-order valence-electron chi connectivity index (χ2n) is 9.89. The Labute approximate surface area is 159 Å². The molecular formula is C21H34O4Si. The molecule has 0 aromatic heterocycles. The third-order valence-corrected chi connectivity index (χ3v) is 9.75. The van der Waals surface area contributed by atoms with Gasteiger partial charge < -0.3 is 13.9 Å². The smallest absolute Gasteiger partial charge is 0.318 e. The summed E-state index contributed by atoms with van der Waals surface area (Å²) in [7, 11) is -1.94. The molecule has 146 valence electrons. The minimum absolute atomic E-state index is 0.114. The minimum atomic E-state index is -1.94. The molecule has 1 aromatic rings. The van der Waals surface area contributed by atoms with E-state index in [1.54, 1.807) is 0 Å². The average molecular weight is 379 g/mol. The van der Waals surface area contributed by atoms with Crippen LogP contribution >= 0.6 is 0 Å². The summed E-state index contributed by atoms with van der Waals surface area (Å²) in [5.41, 5.74) is 0.633. The first-order chi connectivity index (χ1) is 11.7. The summed E-state index contributed by atoms with van der Waals surface area (Å²) in [5, 5.41) is 0.114. The molecule has 1 saturated heterocycles. The molecule has 0 spiro atoms. The van der Waals surface area contributed by atoms with Crippen LogP contribution in [0.3, 0.4) is 0 Å². The van der Waals surface area contributed by atoms with E-state index in [0.29, 0.717) is 0 Å². The Hall–Kier alpha value is -1.33. The first kappa shape index (κ1) is 21.0. The predicted octanol–water partition coefficient (Wildman–Crippen LogP) is 5.49. The maximum atomic E-state index is 12.7. The lowest BCUT2D eigenvalue weighted by molar-refractivity contribution is -0.245. The van der Waals surface area contributed by atoms with Crippen molar-refractivity contribution in [2.45, 2.75) is 84.9 Å². The number of benzene rings is 1. The van der Waals surface area contributed by atoms with Gasteiger partial charge in [0.15, 0.2) is 0 Å². The third-order valence-electron chi connectivity index (χ3n) is 5.39. The lowest BCUT2D eigenvalue weighted by Gasteiger charge is -2.40. The second kappa shape index (κ2) is 7.00. The molecule has 1 aliphatic heterocycles. The Morgan fingerprint density at radius 2 is 1.69 bits per heavy atom. The summed E-state index contributed by atoms with van der Waals surface area (Å²) in [5.74, 6) is 0.150. The van der Waals surface area contributed by atoms with Gasteiger partial charge >= 0.3 is 5.97 Å². The zero-order valence-corrected chi connectivity index (χ0v) is 18.7. The molecule has 0 saturated carbocycles. The van der Waals surface area contributed by atoms with Gasteiger partial charge in [0.05, 0.1) is 6.10 Å². The van der Waals surface area contributed by atoms with E-state index in [1.165, 1.54) is 0 Å². The van der Waals surface area contributed by atoms with Crippen LogP contribution in [0.5, 0.6) is 5.75 Å². The lowest BCUT2D eigenvalue weighted by Crippen LogP contribution is -2.46. The molecule has 0 radical (unpaired) electrons. The minimum Gasteiger partial charge on any atom is -0.543 e. The van der Waals surface area contributed by atoms with Crippen LogP contribution in [-0.2, 0) is 14.3 Å². The largest absolute Gasteiger partial charge is 0.543 e. The summed E-state index contributed by atoms with van der Waals surface area (Å²) < 4.78 is 18.0. The number of ether oxygens (including phenoxy) is 2. The zero-order valence-electron chi connectivity index (χ0n) is 17.7. The van der Waals surface area contributed by atoms with Crippen molar-refractivity contribution < 1.29 is 18.7 Å². The SMILES string of the molecule is C[C@H]1O[C@@H](C(C)(C)C)OC(=O)[C@@H]1c1cccc(O[Si](C)(C)C(C)(C)C)c1. The van der Waals surface area contributed by atoms with Crippen molar-refractivity contribution in [2.75, 3.05) is 0 Å². The number of rotatable bonds is 3. The molecule has 1 heterocycles. The highest BCUT2D eigenvalue weighted by atomic mass is 28.4. The summed E-state index contributed by atoms with van der Waals surface area (Å²) in [4.78, 5) is 12.7. The van der Waals surface area contributed by atoms with Crippen molar-refractivity contribution in [2.24, 2.45) is 5.41 Å². The molecule has 0 aliphatic carbocycles. The molecule has 4 nitrogen and oxygen atoms in total. The molecule has 1 aromatic carbocycles. The summed E-state index contributed by atoms with van der Waals surface area (Å²) in [6, 6.07) is 7.81. The fourth-order valence-electron chi connectivity index (χ4n) is 2.68. The fourth-order valence-corrected chi connectivity index (χ4v) is 3.70. The van der Waals surface area contributed by atoms with Gasteiger partial charge in [-0.2, -0.15) is 0 Å². The molecule has 2 rings (SSSR count). The first-order valence-corrected chi connectivity index (χ1v) is 12.3. The normalized spacial score (nSPS) is 25.0. The van der Waals surface area contributed by atoms with Crippen molar-refractivity contribution in [1.82, 2.24) is 0 Å². The number of carbonyl (C=O) groups excluding carboxylic acids is 1. The maximum absolute atomic E-state index is 12.7. The molecule has 0 N–H and O–H groups in total. The van der Waals surface area contributed by atoms with Crippen molar-refractivity contribution in [1.29, 1.82) is 0 Å². The number of hydrogen-bond donors (Lipinski definition) is 0. The van der Waals surface area contributed by atoms with Gasteiger partial charge in [-0.25, -0.2) is 0 Å².